The number of carbonyl (C=O) groups is 1. The minimum absolute atomic E-state index is 0.0305. The zero-order valence-corrected chi connectivity index (χ0v) is 22.1. The predicted octanol–water partition coefficient (Wildman–Crippen LogP) is 6.19. The maximum atomic E-state index is 12.0. The molecule has 2 aliphatic rings. The van der Waals surface area contributed by atoms with Crippen LogP contribution in [0.15, 0.2) is 66.7 Å². The molecule has 5 rings (SSSR count). The summed E-state index contributed by atoms with van der Waals surface area (Å²) in [6.07, 6.45) is 3.88. The van der Waals surface area contributed by atoms with Gasteiger partial charge in [-0.1, -0.05) is 65.7 Å². The zero-order chi connectivity index (χ0) is 25.3. The Balaban J connectivity index is 1.57. The summed E-state index contributed by atoms with van der Waals surface area (Å²) >= 11 is 13.6. The lowest BCUT2D eigenvalue weighted by Gasteiger charge is -2.49. The van der Waals surface area contributed by atoms with E-state index in [-0.39, 0.29) is 29.4 Å². The molecule has 0 saturated carbocycles. The Labute approximate surface area is 222 Å². The molecule has 0 radical (unpaired) electrons. The van der Waals surface area contributed by atoms with Gasteiger partial charge in [-0.15, -0.1) is 0 Å². The van der Waals surface area contributed by atoms with Crippen molar-refractivity contribution in [2.45, 2.75) is 56.1 Å². The van der Waals surface area contributed by atoms with E-state index in [1.54, 1.807) is 14.0 Å². The number of ether oxygens (including phenoxy) is 1. The number of nitrogens with zero attached hydrogens (tertiary/aromatic N) is 2. The first-order valence-corrected chi connectivity index (χ1v) is 13.2. The molecule has 1 unspecified atom stereocenters. The summed E-state index contributed by atoms with van der Waals surface area (Å²) in [5, 5.41) is 4.59. The Kier molecular flexibility index (Phi) is 7.25. The van der Waals surface area contributed by atoms with Gasteiger partial charge in [-0.05, 0) is 55.0 Å². The van der Waals surface area contributed by atoms with Crippen molar-refractivity contribution in [1.29, 1.82) is 0 Å². The molecule has 5 nitrogen and oxygen atoms in total. The number of amides is 1. The van der Waals surface area contributed by atoms with E-state index in [4.69, 9.17) is 32.9 Å². The smallest absolute Gasteiger partial charge is 0.216 e. The quantitative estimate of drug-likeness (QED) is 0.401. The van der Waals surface area contributed by atoms with Gasteiger partial charge < -0.3 is 10.1 Å². The van der Waals surface area contributed by atoms with Crippen molar-refractivity contribution in [2.24, 2.45) is 0 Å². The van der Waals surface area contributed by atoms with Crippen LogP contribution in [-0.4, -0.2) is 41.5 Å². The first-order chi connectivity index (χ1) is 17.4. The first kappa shape index (κ1) is 25.1. The van der Waals surface area contributed by atoms with E-state index in [0.29, 0.717) is 12.4 Å². The molecule has 1 N–H and O–H groups in total. The second kappa shape index (κ2) is 10.4. The number of aromatic nitrogens is 1. The Morgan fingerprint density at radius 2 is 1.58 bits per heavy atom. The number of hydrogen-bond donors (Lipinski definition) is 1. The van der Waals surface area contributed by atoms with Crippen LogP contribution in [0.1, 0.15) is 55.5 Å². The molecule has 188 valence electrons. The lowest BCUT2D eigenvalue weighted by molar-refractivity contribution is -0.119. The summed E-state index contributed by atoms with van der Waals surface area (Å²) < 4.78 is 5.45. The minimum atomic E-state index is -0.284. The fraction of sp³-hybridized carbons (Fsp3) is 0.379. The largest absolute Gasteiger partial charge is 0.481 e. The number of methoxy groups -OCH3 is 1. The topological polar surface area (TPSA) is 54.5 Å². The van der Waals surface area contributed by atoms with Crippen molar-refractivity contribution in [1.82, 2.24) is 15.2 Å². The minimum Gasteiger partial charge on any atom is -0.481 e. The molecule has 1 aromatic heterocycles. The van der Waals surface area contributed by atoms with Crippen molar-refractivity contribution in [2.75, 3.05) is 13.7 Å². The van der Waals surface area contributed by atoms with E-state index in [0.717, 1.165) is 52.5 Å². The number of rotatable bonds is 7. The lowest BCUT2D eigenvalue weighted by atomic mass is 9.71. The number of hydrogen-bond acceptors (Lipinski definition) is 4. The Bertz CT molecular complexity index is 1190. The van der Waals surface area contributed by atoms with Gasteiger partial charge in [-0.2, -0.15) is 0 Å². The van der Waals surface area contributed by atoms with Crippen LogP contribution in [-0.2, 0) is 10.2 Å². The highest BCUT2D eigenvalue weighted by Gasteiger charge is 2.52. The maximum absolute atomic E-state index is 12.0. The third kappa shape index (κ3) is 4.72. The fourth-order valence-electron chi connectivity index (χ4n) is 6.25. The van der Waals surface area contributed by atoms with E-state index in [9.17, 15) is 4.79 Å². The van der Waals surface area contributed by atoms with Crippen LogP contribution in [0.5, 0.6) is 5.88 Å². The van der Waals surface area contributed by atoms with E-state index in [1.165, 1.54) is 0 Å². The fourth-order valence-corrected chi connectivity index (χ4v) is 6.73. The van der Waals surface area contributed by atoms with Gasteiger partial charge in [0.1, 0.15) is 0 Å². The van der Waals surface area contributed by atoms with E-state index < -0.39 is 0 Å². The van der Waals surface area contributed by atoms with Crippen molar-refractivity contribution < 1.29 is 9.53 Å². The van der Waals surface area contributed by atoms with Gasteiger partial charge in [-0.3, -0.25) is 9.69 Å². The van der Waals surface area contributed by atoms with Crippen molar-refractivity contribution in [3.63, 3.8) is 0 Å². The predicted molar refractivity (Wildman–Crippen MR) is 144 cm³/mol. The van der Waals surface area contributed by atoms with Gasteiger partial charge >= 0.3 is 0 Å². The third-order valence-electron chi connectivity index (χ3n) is 7.78. The highest BCUT2D eigenvalue weighted by molar-refractivity contribution is 6.32. The van der Waals surface area contributed by atoms with Crippen LogP contribution < -0.4 is 10.1 Å². The average Bonchev–Trinajstić information content (AvgIpc) is 3.14. The van der Waals surface area contributed by atoms with Gasteiger partial charge in [0, 0.05) is 47.1 Å². The molecule has 2 saturated heterocycles. The van der Waals surface area contributed by atoms with Crippen molar-refractivity contribution in [3.05, 3.63) is 93.6 Å². The highest BCUT2D eigenvalue weighted by Crippen LogP contribution is 2.52. The van der Waals surface area contributed by atoms with Crippen LogP contribution in [0.4, 0.5) is 0 Å². The molecule has 1 amide bonds. The van der Waals surface area contributed by atoms with Crippen molar-refractivity contribution in [3.8, 4) is 5.88 Å². The molecule has 2 fully saturated rings. The molecule has 7 heteroatoms. The van der Waals surface area contributed by atoms with Crippen LogP contribution in [0.3, 0.4) is 0 Å². The third-order valence-corrected chi connectivity index (χ3v) is 8.47. The SMILES string of the molecule is COc1cccc(C2(CNC(C)=O)C[C@H]3CC[C@@H](C2)N3C(c2ccccc2Cl)c2ccccc2Cl)n1. The van der Waals surface area contributed by atoms with E-state index >= 15 is 0 Å². The molecule has 0 spiro atoms. The summed E-state index contributed by atoms with van der Waals surface area (Å²) in [6.45, 7) is 2.12. The number of benzene rings is 2. The number of nitrogens with one attached hydrogen (secondary N) is 1. The highest BCUT2D eigenvalue weighted by atomic mass is 35.5. The van der Waals surface area contributed by atoms with Gasteiger partial charge in [0.25, 0.3) is 0 Å². The molecule has 3 atom stereocenters. The van der Waals surface area contributed by atoms with Crippen LogP contribution in [0.2, 0.25) is 10.0 Å². The zero-order valence-electron chi connectivity index (χ0n) is 20.6. The molecule has 3 heterocycles. The molecule has 2 aliphatic heterocycles. The normalized spacial score (nSPS) is 23.6. The second-order valence-electron chi connectivity index (χ2n) is 9.94. The average molecular weight is 524 g/mol. The molecular weight excluding hydrogens is 493 g/mol. The molecule has 3 aromatic rings. The summed E-state index contributed by atoms with van der Waals surface area (Å²) in [6, 6.07) is 22.6. The number of pyridine rings is 1. The number of piperidine rings is 1. The molecule has 2 aromatic carbocycles. The standard InChI is InChI=1S/C29H31Cl2N3O2/c1-19(35)32-18-29(26-12-7-13-27(33-26)36-2)16-20-14-15-21(17-29)34(20)28(22-8-3-5-10-24(22)30)23-9-4-6-11-25(23)31/h3-13,20-21,28H,14-18H2,1-2H3,(H,32,35)/t20-,21+,29?. The summed E-state index contributed by atoms with van der Waals surface area (Å²) in [5.41, 5.74) is 2.82. The lowest BCUT2D eigenvalue weighted by Crippen LogP contribution is -2.55. The maximum Gasteiger partial charge on any atom is 0.216 e. The van der Waals surface area contributed by atoms with Crippen LogP contribution in [0, 0.1) is 0 Å². The number of carbonyl (C=O) groups excluding carboxylic acids is 1. The van der Waals surface area contributed by atoms with Crippen LogP contribution >= 0.6 is 23.2 Å². The molecule has 0 aliphatic carbocycles. The van der Waals surface area contributed by atoms with E-state index in [2.05, 4.69) is 28.4 Å². The monoisotopic (exact) mass is 523 g/mol. The van der Waals surface area contributed by atoms with Crippen molar-refractivity contribution >= 4 is 29.1 Å². The molecule has 36 heavy (non-hydrogen) atoms. The van der Waals surface area contributed by atoms with Crippen LogP contribution in [0.25, 0.3) is 0 Å². The van der Waals surface area contributed by atoms with Gasteiger partial charge in [0.2, 0.25) is 11.8 Å². The van der Waals surface area contributed by atoms with Gasteiger partial charge in [0.05, 0.1) is 18.8 Å². The molecule has 2 bridgehead atoms. The number of halogens is 2. The van der Waals surface area contributed by atoms with Gasteiger partial charge in [-0.25, -0.2) is 4.98 Å². The Morgan fingerprint density at radius 3 is 2.11 bits per heavy atom. The second-order valence-corrected chi connectivity index (χ2v) is 10.8. The summed E-state index contributed by atoms with van der Waals surface area (Å²) in [5.74, 6) is 0.562. The first-order valence-electron chi connectivity index (χ1n) is 12.4. The Morgan fingerprint density at radius 1 is 1.00 bits per heavy atom. The number of fused-ring (bicyclic) bond motifs is 2. The molecular formula is C29H31Cl2N3O2. The van der Waals surface area contributed by atoms with Gasteiger partial charge in [0.15, 0.2) is 0 Å². The Hall–Kier alpha value is -2.60. The van der Waals surface area contributed by atoms with E-state index in [1.807, 2.05) is 48.5 Å². The summed E-state index contributed by atoms with van der Waals surface area (Å²) in [7, 11) is 1.64. The summed E-state index contributed by atoms with van der Waals surface area (Å²) in [4.78, 5) is 19.4.